The van der Waals surface area contributed by atoms with Gasteiger partial charge in [-0.2, -0.15) is 13.2 Å². The van der Waals surface area contributed by atoms with Crippen molar-refractivity contribution in [2.75, 3.05) is 18.5 Å². The number of hydrogen-bond donors (Lipinski definition) is 1. The number of ether oxygens (including phenoxy) is 1. The summed E-state index contributed by atoms with van der Waals surface area (Å²) >= 11 is 5.75. The summed E-state index contributed by atoms with van der Waals surface area (Å²) in [5.74, 6) is 0.791. The third-order valence-electron chi connectivity index (χ3n) is 3.03. The molecule has 1 heterocycles. The van der Waals surface area contributed by atoms with Crippen molar-refractivity contribution in [3.63, 3.8) is 0 Å². The molecule has 23 heavy (non-hydrogen) atoms. The van der Waals surface area contributed by atoms with Crippen LogP contribution in [0, 0.1) is 0 Å². The minimum absolute atomic E-state index is 0.241. The number of alkyl halides is 3. The quantitative estimate of drug-likeness (QED) is 0.797. The van der Waals surface area contributed by atoms with E-state index in [1.807, 2.05) is 0 Å². The first-order valence-corrected chi connectivity index (χ1v) is 7.32. The SMILES string of the molecule is CCOc1cc(C(F)(F)F)ccc1CCNc1cc(Cl)ncn1. The minimum Gasteiger partial charge on any atom is -0.494 e. The van der Waals surface area contributed by atoms with E-state index < -0.39 is 11.7 Å². The van der Waals surface area contributed by atoms with Crippen molar-refractivity contribution in [1.82, 2.24) is 9.97 Å². The standard InChI is InChI=1S/C15H15ClF3N3O/c1-2-23-12-7-11(15(17,18)19)4-3-10(12)5-6-20-14-8-13(16)21-9-22-14/h3-4,7-9H,2,5-6H2,1H3,(H,20,21,22). The molecule has 0 fully saturated rings. The molecular formula is C15H15ClF3N3O. The highest BCUT2D eigenvalue weighted by molar-refractivity contribution is 6.29. The van der Waals surface area contributed by atoms with Crippen molar-refractivity contribution in [3.05, 3.63) is 46.9 Å². The molecule has 1 aromatic heterocycles. The number of benzene rings is 1. The largest absolute Gasteiger partial charge is 0.494 e. The summed E-state index contributed by atoms with van der Waals surface area (Å²) in [4.78, 5) is 7.75. The number of anilines is 1. The van der Waals surface area contributed by atoms with Gasteiger partial charge in [-0.25, -0.2) is 9.97 Å². The number of aromatic nitrogens is 2. The molecule has 124 valence electrons. The van der Waals surface area contributed by atoms with Gasteiger partial charge >= 0.3 is 6.18 Å². The van der Waals surface area contributed by atoms with E-state index in [-0.39, 0.29) is 5.75 Å². The zero-order valence-corrected chi connectivity index (χ0v) is 13.1. The molecule has 0 radical (unpaired) electrons. The van der Waals surface area contributed by atoms with Crippen molar-refractivity contribution < 1.29 is 17.9 Å². The predicted octanol–water partition coefficient (Wildman–Crippen LogP) is 4.20. The van der Waals surface area contributed by atoms with E-state index in [4.69, 9.17) is 16.3 Å². The molecule has 1 N–H and O–H groups in total. The molecule has 2 aromatic rings. The first kappa shape index (κ1) is 17.3. The summed E-state index contributed by atoms with van der Waals surface area (Å²) in [6, 6.07) is 5.08. The average molecular weight is 346 g/mol. The van der Waals surface area contributed by atoms with Crippen molar-refractivity contribution in [1.29, 1.82) is 0 Å². The molecule has 8 heteroatoms. The smallest absolute Gasteiger partial charge is 0.416 e. The van der Waals surface area contributed by atoms with Gasteiger partial charge in [-0.05, 0) is 31.0 Å². The van der Waals surface area contributed by atoms with Crippen LogP contribution in [0.1, 0.15) is 18.1 Å². The van der Waals surface area contributed by atoms with E-state index in [1.165, 1.54) is 12.4 Å². The van der Waals surface area contributed by atoms with E-state index in [2.05, 4.69) is 15.3 Å². The molecule has 0 aliphatic rings. The van der Waals surface area contributed by atoms with Crippen LogP contribution in [0.4, 0.5) is 19.0 Å². The summed E-state index contributed by atoms with van der Waals surface area (Å²) in [7, 11) is 0. The summed E-state index contributed by atoms with van der Waals surface area (Å²) in [5, 5.41) is 3.35. The van der Waals surface area contributed by atoms with Gasteiger partial charge < -0.3 is 10.1 Å². The summed E-state index contributed by atoms with van der Waals surface area (Å²) in [6.45, 7) is 2.49. The molecule has 2 rings (SSSR count). The third-order valence-corrected chi connectivity index (χ3v) is 3.24. The summed E-state index contributed by atoms with van der Waals surface area (Å²) in [6.07, 6.45) is -2.58. The highest BCUT2D eigenvalue weighted by Gasteiger charge is 2.31. The Morgan fingerprint density at radius 2 is 2.00 bits per heavy atom. The number of halogens is 4. The lowest BCUT2D eigenvalue weighted by Gasteiger charge is -2.14. The van der Waals surface area contributed by atoms with Crippen molar-refractivity contribution in [2.24, 2.45) is 0 Å². The second-order valence-electron chi connectivity index (χ2n) is 4.66. The fourth-order valence-corrected chi connectivity index (χ4v) is 2.13. The van der Waals surface area contributed by atoms with Gasteiger partial charge in [0.15, 0.2) is 0 Å². The van der Waals surface area contributed by atoms with Crippen LogP contribution in [0.25, 0.3) is 0 Å². The monoisotopic (exact) mass is 345 g/mol. The summed E-state index contributed by atoms with van der Waals surface area (Å²) < 4.78 is 43.6. The van der Waals surface area contributed by atoms with E-state index in [1.54, 1.807) is 13.0 Å². The highest BCUT2D eigenvalue weighted by atomic mass is 35.5. The van der Waals surface area contributed by atoms with Crippen LogP contribution in [-0.2, 0) is 12.6 Å². The summed E-state index contributed by atoms with van der Waals surface area (Å²) in [5.41, 5.74) is -0.0345. The molecule has 0 saturated carbocycles. The maximum Gasteiger partial charge on any atom is 0.416 e. The van der Waals surface area contributed by atoms with Crippen molar-refractivity contribution in [3.8, 4) is 5.75 Å². The van der Waals surface area contributed by atoms with Crippen LogP contribution in [0.5, 0.6) is 5.75 Å². The van der Waals surface area contributed by atoms with Gasteiger partial charge in [0.25, 0.3) is 0 Å². The second-order valence-corrected chi connectivity index (χ2v) is 5.04. The Hall–Kier alpha value is -2.02. The second kappa shape index (κ2) is 7.50. The maximum absolute atomic E-state index is 12.8. The molecule has 1 aromatic carbocycles. The fourth-order valence-electron chi connectivity index (χ4n) is 1.98. The van der Waals surface area contributed by atoms with Crippen LogP contribution < -0.4 is 10.1 Å². The number of rotatable bonds is 6. The molecule has 4 nitrogen and oxygen atoms in total. The molecule has 0 atom stereocenters. The van der Waals surface area contributed by atoms with Crippen LogP contribution in [-0.4, -0.2) is 23.1 Å². The van der Waals surface area contributed by atoms with Crippen LogP contribution >= 0.6 is 11.6 Å². The predicted molar refractivity (Wildman–Crippen MR) is 81.8 cm³/mol. The number of nitrogens with one attached hydrogen (secondary N) is 1. The van der Waals surface area contributed by atoms with Gasteiger partial charge in [0.1, 0.15) is 23.0 Å². The highest BCUT2D eigenvalue weighted by Crippen LogP contribution is 2.33. The zero-order valence-electron chi connectivity index (χ0n) is 12.3. The van der Waals surface area contributed by atoms with Crippen LogP contribution in [0.2, 0.25) is 5.15 Å². The Morgan fingerprint density at radius 1 is 1.22 bits per heavy atom. The van der Waals surface area contributed by atoms with Gasteiger partial charge in [-0.3, -0.25) is 0 Å². The topological polar surface area (TPSA) is 47.0 Å². The molecule has 0 aliphatic carbocycles. The zero-order chi connectivity index (χ0) is 16.9. The lowest BCUT2D eigenvalue weighted by Crippen LogP contribution is -2.10. The molecule has 0 saturated heterocycles. The molecule has 0 aliphatic heterocycles. The van der Waals surface area contributed by atoms with Crippen molar-refractivity contribution in [2.45, 2.75) is 19.5 Å². The van der Waals surface area contributed by atoms with E-state index in [9.17, 15) is 13.2 Å². The van der Waals surface area contributed by atoms with Gasteiger partial charge in [0.05, 0.1) is 12.2 Å². The molecule has 0 unspecified atom stereocenters. The first-order valence-electron chi connectivity index (χ1n) is 6.94. The van der Waals surface area contributed by atoms with Gasteiger partial charge in [0, 0.05) is 12.6 Å². The van der Waals surface area contributed by atoms with Crippen molar-refractivity contribution >= 4 is 17.4 Å². The lowest BCUT2D eigenvalue weighted by atomic mass is 10.1. The minimum atomic E-state index is -4.39. The Bertz CT molecular complexity index is 665. The van der Waals surface area contributed by atoms with Gasteiger partial charge in [-0.1, -0.05) is 17.7 Å². The Labute approximate surface area is 136 Å². The van der Waals surface area contributed by atoms with Crippen LogP contribution in [0.3, 0.4) is 0 Å². The number of hydrogen-bond acceptors (Lipinski definition) is 4. The average Bonchev–Trinajstić information content (AvgIpc) is 2.48. The Balaban J connectivity index is 2.06. The molecule has 0 spiro atoms. The Morgan fingerprint density at radius 3 is 2.65 bits per heavy atom. The number of nitrogens with zero attached hydrogens (tertiary/aromatic N) is 2. The van der Waals surface area contributed by atoms with Gasteiger partial charge in [0.2, 0.25) is 0 Å². The van der Waals surface area contributed by atoms with E-state index in [0.717, 1.165) is 12.1 Å². The third kappa shape index (κ3) is 4.99. The van der Waals surface area contributed by atoms with Gasteiger partial charge in [-0.15, -0.1) is 0 Å². The maximum atomic E-state index is 12.8. The molecular weight excluding hydrogens is 331 g/mol. The van der Waals surface area contributed by atoms with Crippen LogP contribution in [0.15, 0.2) is 30.6 Å². The Kier molecular flexibility index (Phi) is 5.65. The van der Waals surface area contributed by atoms with E-state index in [0.29, 0.717) is 36.1 Å². The normalized spacial score (nSPS) is 11.3. The fraction of sp³-hybridized carbons (Fsp3) is 0.333. The first-order chi connectivity index (χ1) is 10.9. The van der Waals surface area contributed by atoms with E-state index >= 15 is 0 Å². The lowest BCUT2D eigenvalue weighted by molar-refractivity contribution is -0.137. The molecule has 0 bridgehead atoms. The molecule has 0 amide bonds.